The molecule has 0 unspecified atom stereocenters. The number of carbonyl (C=O) groups is 1. The molecule has 0 saturated carbocycles. The number of carbonyl (C=O) groups excluding carboxylic acids is 1. The van der Waals surface area contributed by atoms with E-state index in [1.54, 1.807) is 25.3 Å². The lowest BCUT2D eigenvalue weighted by Gasteiger charge is -2.12. The van der Waals surface area contributed by atoms with Gasteiger partial charge in [-0.15, -0.1) is 0 Å². The van der Waals surface area contributed by atoms with Crippen LogP contribution in [-0.4, -0.2) is 32.8 Å². The second-order valence-corrected chi connectivity index (χ2v) is 5.22. The Morgan fingerprint density at radius 1 is 1.08 bits per heavy atom. The highest BCUT2D eigenvalue weighted by atomic mass is 16.5. The van der Waals surface area contributed by atoms with Gasteiger partial charge in [-0.05, 0) is 49.7 Å². The lowest BCUT2D eigenvalue weighted by atomic mass is 10.2. The molecule has 1 amide bonds. The second kappa shape index (κ2) is 8.82. The molecule has 5 nitrogen and oxygen atoms in total. The maximum atomic E-state index is 12.2. The molecule has 2 aromatic rings. The number of hydrogen-bond acceptors (Lipinski definition) is 4. The first kappa shape index (κ1) is 17.7. The Labute approximate surface area is 142 Å². The molecule has 24 heavy (non-hydrogen) atoms. The van der Waals surface area contributed by atoms with Gasteiger partial charge in [0, 0.05) is 5.56 Å². The normalized spacial score (nSPS) is 10.1. The molecule has 0 saturated heterocycles. The summed E-state index contributed by atoms with van der Waals surface area (Å²) >= 11 is 0. The van der Waals surface area contributed by atoms with Crippen molar-refractivity contribution in [2.75, 3.05) is 26.9 Å². The van der Waals surface area contributed by atoms with Gasteiger partial charge < -0.3 is 19.5 Å². The maximum absolute atomic E-state index is 12.2. The predicted molar refractivity (Wildman–Crippen MR) is 93.2 cm³/mol. The molecular weight excluding hydrogens is 306 g/mol. The first-order chi connectivity index (χ1) is 11.6. The minimum atomic E-state index is -0.175. The topological polar surface area (TPSA) is 56.8 Å². The van der Waals surface area contributed by atoms with Crippen molar-refractivity contribution in [2.24, 2.45) is 0 Å². The maximum Gasteiger partial charge on any atom is 0.251 e. The molecule has 0 spiro atoms. The van der Waals surface area contributed by atoms with Crippen LogP contribution in [0.25, 0.3) is 0 Å². The van der Waals surface area contributed by atoms with Crippen molar-refractivity contribution in [1.82, 2.24) is 5.32 Å². The molecule has 0 bridgehead atoms. The first-order valence-electron chi connectivity index (χ1n) is 7.92. The highest BCUT2D eigenvalue weighted by Crippen LogP contribution is 2.27. The molecule has 1 N–H and O–H groups in total. The Kier molecular flexibility index (Phi) is 6.49. The Morgan fingerprint density at radius 2 is 1.92 bits per heavy atom. The third-order valence-electron chi connectivity index (χ3n) is 3.37. The van der Waals surface area contributed by atoms with E-state index in [-0.39, 0.29) is 5.91 Å². The van der Waals surface area contributed by atoms with Gasteiger partial charge in [-0.3, -0.25) is 4.79 Å². The first-order valence-corrected chi connectivity index (χ1v) is 7.92. The number of aryl methyl sites for hydroxylation is 1. The molecule has 5 heteroatoms. The zero-order valence-corrected chi connectivity index (χ0v) is 14.3. The summed E-state index contributed by atoms with van der Waals surface area (Å²) in [5.41, 5.74) is 1.66. The zero-order valence-electron chi connectivity index (χ0n) is 14.3. The summed E-state index contributed by atoms with van der Waals surface area (Å²) in [5.74, 6) is 1.79. The van der Waals surface area contributed by atoms with Gasteiger partial charge >= 0.3 is 0 Å². The van der Waals surface area contributed by atoms with Crippen LogP contribution in [0.2, 0.25) is 0 Å². The number of rotatable bonds is 8. The fourth-order valence-corrected chi connectivity index (χ4v) is 2.23. The molecule has 0 aliphatic carbocycles. The Bertz CT molecular complexity index is 685. The van der Waals surface area contributed by atoms with E-state index in [2.05, 4.69) is 5.32 Å². The van der Waals surface area contributed by atoms with E-state index < -0.39 is 0 Å². The van der Waals surface area contributed by atoms with Crippen molar-refractivity contribution in [3.63, 3.8) is 0 Å². The minimum Gasteiger partial charge on any atom is -0.493 e. The summed E-state index contributed by atoms with van der Waals surface area (Å²) in [6.45, 7) is 5.22. The number of amides is 1. The minimum absolute atomic E-state index is 0.175. The van der Waals surface area contributed by atoms with E-state index >= 15 is 0 Å². The van der Waals surface area contributed by atoms with Gasteiger partial charge in [0.25, 0.3) is 5.91 Å². The monoisotopic (exact) mass is 329 g/mol. The Balaban J connectivity index is 1.87. The van der Waals surface area contributed by atoms with E-state index in [4.69, 9.17) is 14.2 Å². The van der Waals surface area contributed by atoms with Crippen molar-refractivity contribution >= 4 is 5.91 Å². The largest absolute Gasteiger partial charge is 0.493 e. The van der Waals surface area contributed by atoms with E-state index in [1.807, 2.05) is 38.1 Å². The van der Waals surface area contributed by atoms with Crippen LogP contribution in [0, 0.1) is 6.92 Å². The molecule has 128 valence electrons. The molecule has 2 rings (SSSR count). The van der Waals surface area contributed by atoms with Crippen molar-refractivity contribution < 1.29 is 19.0 Å². The van der Waals surface area contributed by atoms with E-state index in [1.165, 1.54) is 0 Å². The smallest absolute Gasteiger partial charge is 0.251 e. The third kappa shape index (κ3) is 4.91. The lowest BCUT2D eigenvalue weighted by molar-refractivity contribution is 0.0946. The SMILES string of the molecule is CCOc1cc(C(=O)NCCOc2cccc(C)c2)ccc1OC. The quantitative estimate of drug-likeness (QED) is 0.756. The molecule has 0 aliphatic heterocycles. The van der Waals surface area contributed by atoms with Crippen LogP contribution in [0.3, 0.4) is 0 Å². The van der Waals surface area contributed by atoms with Crippen molar-refractivity contribution in [3.8, 4) is 17.2 Å². The van der Waals surface area contributed by atoms with Gasteiger partial charge in [-0.2, -0.15) is 0 Å². The van der Waals surface area contributed by atoms with Gasteiger partial charge in [-0.25, -0.2) is 0 Å². The van der Waals surface area contributed by atoms with Gasteiger partial charge in [0.05, 0.1) is 20.3 Å². The lowest BCUT2D eigenvalue weighted by Crippen LogP contribution is -2.28. The average molecular weight is 329 g/mol. The number of nitrogens with one attached hydrogen (secondary N) is 1. The van der Waals surface area contributed by atoms with Gasteiger partial charge in [-0.1, -0.05) is 12.1 Å². The van der Waals surface area contributed by atoms with Crippen LogP contribution in [0.1, 0.15) is 22.8 Å². The summed E-state index contributed by atoms with van der Waals surface area (Å²) < 4.78 is 16.3. The predicted octanol–water partition coefficient (Wildman–Crippen LogP) is 3.21. The number of ether oxygens (including phenoxy) is 3. The summed E-state index contributed by atoms with van der Waals surface area (Å²) in [5, 5.41) is 2.83. The molecular formula is C19H23NO4. The summed E-state index contributed by atoms with van der Waals surface area (Å²) in [6, 6.07) is 12.9. The fraction of sp³-hybridized carbons (Fsp3) is 0.316. The summed E-state index contributed by atoms with van der Waals surface area (Å²) in [4.78, 5) is 12.2. The third-order valence-corrected chi connectivity index (χ3v) is 3.37. The van der Waals surface area contributed by atoms with E-state index in [9.17, 15) is 4.79 Å². The van der Waals surface area contributed by atoms with Crippen LogP contribution in [-0.2, 0) is 0 Å². The molecule has 0 radical (unpaired) electrons. The molecule has 0 fully saturated rings. The van der Waals surface area contributed by atoms with E-state index in [0.29, 0.717) is 36.8 Å². The average Bonchev–Trinajstić information content (AvgIpc) is 2.59. The van der Waals surface area contributed by atoms with Crippen LogP contribution in [0.15, 0.2) is 42.5 Å². The highest BCUT2D eigenvalue weighted by Gasteiger charge is 2.10. The Morgan fingerprint density at radius 3 is 2.62 bits per heavy atom. The van der Waals surface area contributed by atoms with Crippen LogP contribution < -0.4 is 19.5 Å². The van der Waals surface area contributed by atoms with Crippen LogP contribution in [0.4, 0.5) is 0 Å². The fourth-order valence-electron chi connectivity index (χ4n) is 2.23. The highest BCUT2D eigenvalue weighted by molar-refractivity contribution is 5.94. The summed E-state index contributed by atoms with van der Waals surface area (Å²) in [7, 11) is 1.57. The number of benzene rings is 2. The van der Waals surface area contributed by atoms with Crippen molar-refractivity contribution in [1.29, 1.82) is 0 Å². The molecule has 0 aromatic heterocycles. The van der Waals surface area contributed by atoms with Gasteiger partial charge in [0.2, 0.25) is 0 Å². The molecule has 0 atom stereocenters. The number of hydrogen-bond donors (Lipinski definition) is 1. The number of methoxy groups -OCH3 is 1. The van der Waals surface area contributed by atoms with Gasteiger partial charge in [0.1, 0.15) is 12.4 Å². The molecule has 0 heterocycles. The van der Waals surface area contributed by atoms with Crippen LogP contribution >= 0.6 is 0 Å². The zero-order chi connectivity index (χ0) is 17.4. The van der Waals surface area contributed by atoms with Gasteiger partial charge in [0.15, 0.2) is 11.5 Å². The standard InChI is InChI=1S/C19H23NO4/c1-4-23-18-13-15(8-9-17(18)22-3)19(21)20-10-11-24-16-7-5-6-14(2)12-16/h5-9,12-13H,4,10-11H2,1-3H3,(H,20,21). The van der Waals surface area contributed by atoms with Crippen molar-refractivity contribution in [2.45, 2.75) is 13.8 Å². The summed E-state index contributed by atoms with van der Waals surface area (Å²) in [6.07, 6.45) is 0. The van der Waals surface area contributed by atoms with E-state index in [0.717, 1.165) is 11.3 Å². The van der Waals surface area contributed by atoms with Crippen molar-refractivity contribution in [3.05, 3.63) is 53.6 Å². The Hall–Kier alpha value is -2.69. The van der Waals surface area contributed by atoms with Crippen LogP contribution in [0.5, 0.6) is 17.2 Å². The second-order valence-electron chi connectivity index (χ2n) is 5.22. The molecule has 2 aromatic carbocycles. The molecule has 0 aliphatic rings.